The van der Waals surface area contributed by atoms with Crippen molar-refractivity contribution in [3.63, 3.8) is 0 Å². The number of nitrogens with one attached hydrogen (secondary N) is 2. The maximum absolute atomic E-state index is 12.4. The zero-order chi connectivity index (χ0) is 23.0. The lowest BCUT2D eigenvalue weighted by Gasteiger charge is -2.30. The molecular formula is C22H27F3N4O3. The first-order chi connectivity index (χ1) is 15.3. The molecule has 1 aliphatic rings. The number of carbonyl (C=O) groups excluding carboxylic acids is 1. The van der Waals surface area contributed by atoms with Gasteiger partial charge in [-0.25, -0.2) is 4.98 Å². The molecule has 0 aliphatic carbocycles. The van der Waals surface area contributed by atoms with Crippen LogP contribution in [0.1, 0.15) is 21.5 Å². The van der Waals surface area contributed by atoms with E-state index in [4.69, 9.17) is 4.74 Å². The topological polar surface area (TPSA) is 86.7 Å². The third-order valence-electron chi connectivity index (χ3n) is 5.03. The number of halogens is 3. The van der Waals surface area contributed by atoms with Gasteiger partial charge in [0.25, 0.3) is 5.91 Å². The summed E-state index contributed by atoms with van der Waals surface area (Å²) in [7, 11) is 0. The van der Waals surface area contributed by atoms with Gasteiger partial charge in [-0.2, -0.15) is 13.2 Å². The van der Waals surface area contributed by atoms with Crippen molar-refractivity contribution in [3.8, 4) is 5.88 Å². The van der Waals surface area contributed by atoms with Gasteiger partial charge < -0.3 is 20.5 Å². The summed E-state index contributed by atoms with van der Waals surface area (Å²) in [5.41, 5.74) is 2.88. The molecule has 1 aliphatic heterocycles. The van der Waals surface area contributed by atoms with Gasteiger partial charge in [0.1, 0.15) is 6.61 Å². The van der Waals surface area contributed by atoms with E-state index in [0.29, 0.717) is 6.54 Å². The average molecular weight is 452 g/mol. The Bertz CT molecular complexity index is 895. The number of rotatable bonds is 10. The Morgan fingerprint density at radius 3 is 2.81 bits per heavy atom. The number of fused-ring (bicyclic) bond motifs is 1. The molecule has 0 fully saturated rings. The first kappa shape index (κ1) is 24.0. The molecule has 7 nitrogen and oxygen atoms in total. The van der Waals surface area contributed by atoms with E-state index in [0.717, 1.165) is 19.5 Å². The van der Waals surface area contributed by atoms with Crippen molar-refractivity contribution in [2.45, 2.75) is 25.2 Å². The highest BCUT2D eigenvalue weighted by molar-refractivity contribution is 5.94. The van der Waals surface area contributed by atoms with Crippen molar-refractivity contribution < 1.29 is 27.8 Å². The third-order valence-corrected chi connectivity index (χ3v) is 5.03. The third kappa shape index (κ3) is 7.77. The zero-order valence-electron chi connectivity index (χ0n) is 17.6. The van der Waals surface area contributed by atoms with Crippen LogP contribution in [0.15, 0.2) is 42.6 Å². The lowest BCUT2D eigenvalue weighted by Crippen LogP contribution is -2.42. The summed E-state index contributed by atoms with van der Waals surface area (Å²) in [5, 5.41) is 15.3. The molecule has 1 atom stereocenters. The number of nitrogens with zero attached hydrogens (tertiary/aromatic N) is 2. The van der Waals surface area contributed by atoms with Gasteiger partial charge in [0.05, 0.1) is 12.6 Å². The molecule has 10 heteroatoms. The molecule has 32 heavy (non-hydrogen) atoms. The maximum Gasteiger partial charge on any atom is 0.401 e. The molecule has 3 rings (SSSR count). The smallest absolute Gasteiger partial charge is 0.401 e. The summed E-state index contributed by atoms with van der Waals surface area (Å²) in [6.45, 7) is 1.03. The Morgan fingerprint density at radius 1 is 1.25 bits per heavy atom. The standard InChI is InChI=1S/C22H27F3N4O3/c23-22(24,25)15-26-8-10-32-20-11-17(5-7-27-20)21(31)28-12-19(30)14-29-9-6-16-3-1-2-4-18(16)13-29/h1-5,7,11,19,26,30H,6,8-10,12-15H2,(H,28,31). The minimum Gasteiger partial charge on any atom is -0.476 e. The van der Waals surface area contributed by atoms with Crippen molar-refractivity contribution >= 4 is 5.91 Å². The zero-order valence-corrected chi connectivity index (χ0v) is 17.6. The van der Waals surface area contributed by atoms with Crippen molar-refractivity contribution in [1.82, 2.24) is 20.5 Å². The molecule has 2 aromatic rings. The molecule has 0 saturated heterocycles. The minimum absolute atomic E-state index is 0.00915. The fourth-order valence-electron chi connectivity index (χ4n) is 3.47. The van der Waals surface area contributed by atoms with Crippen LogP contribution in [-0.4, -0.2) is 72.5 Å². The number of benzene rings is 1. The molecule has 0 bridgehead atoms. The number of pyridine rings is 1. The van der Waals surface area contributed by atoms with Crippen molar-refractivity contribution in [3.05, 3.63) is 59.3 Å². The lowest BCUT2D eigenvalue weighted by molar-refractivity contribution is -0.124. The molecule has 1 unspecified atom stereocenters. The van der Waals surface area contributed by atoms with E-state index in [1.807, 2.05) is 12.1 Å². The van der Waals surface area contributed by atoms with Crippen LogP contribution < -0.4 is 15.4 Å². The largest absolute Gasteiger partial charge is 0.476 e. The number of aromatic nitrogens is 1. The highest BCUT2D eigenvalue weighted by Crippen LogP contribution is 2.18. The van der Waals surface area contributed by atoms with E-state index in [1.54, 1.807) is 0 Å². The van der Waals surface area contributed by atoms with Crippen molar-refractivity contribution in [2.75, 3.05) is 39.3 Å². The molecule has 0 saturated carbocycles. The van der Waals surface area contributed by atoms with Crippen LogP contribution in [0.4, 0.5) is 13.2 Å². The van der Waals surface area contributed by atoms with Gasteiger partial charge in [-0.3, -0.25) is 9.69 Å². The summed E-state index contributed by atoms with van der Waals surface area (Å²) >= 11 is 0. The fourth-order valence-corrected chi connectivity index (χ4v) is 3.47. The van der Waals surface area contributed by atoms with Crippen LogP contribution in [0.2, 0.25) is 0 Å². The number of hydrogen-bond donors (Lipinski definition) is 3. The van der Waals surface area contributed by atoms with Crippen LogP contribution >= 0.6 is 0 Å². The van der Waals surface area contributed by atoms with Gasteiger partial charge in [-0.05, 0) is 23.6 Å². The van der Waals surface area contributed by atoms with Gasteiger partial charge in [-0.15, -0.1) is 0 Å². The molecule has 0 spiro atoms. The first-order valence-electron chi connectivity index (χ1n) is 10.4. The highest BCUT2D eigenvalue weighted by atomic mass is 19.4. The number of β-amino-alcohol motifs (C(OH)–C–C–N with tert-alkyl or cyclic N) is 1. The Balaban J connectivity index is 1.39. The summed E-state index contributed by atoms with van der Waals surface area (Å²) in [5.74, 6) is -0.255. The van der Waals surface area contributed by atoms with E-state index in [9.17, 15) is 23.1 Å². The highest BCUT2D eigenvalue weighted by Gasteiger charge is 2.26. The Hall–Kier alpha value is -2.69. The predicted octanol–water partition coefficient (Wildman–Crippen LogP) is 1.76. The lowest BCUT2D eigenvalue weighted by atomic mass is 10.00. The number of aliphatic hydroxyl groups excluding tert-OH is 1. The summed E-state index contributed by atoms with van der Waals surface area (Å²) in [6, 6.07) is 11.1. The van der Waals surface area contributed by atoms with Crippen LogP contribution in [0.5, 0.6) is 5.88 Å². The van der Waals surface area contributed by atoms with Crippen molar-refractivity contribution in [2.24, 2.45) is 0 Å². The first-order valence-corrected chi connectivity index (χ1v) is 10.4. The Labute approximate surface area is 184 Å². The van der Waals surface area contributed by atoms with E-state index in [1.165, 1.54) is 29.5 Å². The molecule has 0 radical (unpaired) electrons. The molecule has 174 valence electrons. The van der Waals surface area contributed by atoms with Gasteiger partial charge in [0, 0.05) is 50.6 Å². The number of hydrogen-bond acceptors (Lipinski definition) is 6. The van der Waals surface area contributed by atoms with Gasteiger partial charge in [0.15, 0.2) is 0 Å². The number of amides is 1. The van der Waals surface area contributed by atoms with Gasteiger partial charge in [0.2, 0.25) is 5.88 Å². The molecule has 2 heterocycles. The molecular weight excluding hydrogens is 425 g/mol. The normalized spacial score (nSPS) is 15.1. The minimum atomic E-state index is -4.28. The summed E-state index contributed by atoms with van der Waals surface area (Å²) in [4.78, 5) is 18.5. The average Bonchev–Trinajstić information content (AvgIpc) is 2.76. The predicted molar refractivity (Wildman–Crippen MR) is 112 cm³/mol. The summed E-state index contributed by atoms with van der Waals surface area (Å²) < 4.78 is 41.6. The number of carbonyl (C=O) groups is 1. The Morgan fingerprint density at radius 2 is 2.03 bits per heavy atom. The molecule has 1 aromatic heterocycles. The second-order valence-corrected chi connectivity index (χ2v) is 7.64. The maximum atomic E-state index is 12.4. The van der Waals surface area contributed by atoms with Crippen LogP contribution in [0.25, 0.3) is 0 Å². The molecule has 1 aromatic carbocycles. The number of ether oxygens (including phenoxy) is 1. The van der Waals surface area contributed by atoms with Crippen LogP contribution in [0.3, 0.4) is 0 Å². The van der Waals surface area contributed by atoms with Gasteiger partial charge >= 0.3 is 6.18 Å². The number of alkyl halides is 3. The summed E-state index contributed by atoms with van der Waals surface area (Å²) in [6.07, 6.45) is -2.68. The molecule has 3 N–H and O–H groups in total. The van der Waals surface area contributed by atoms with Crippen molar-refractivity contribution in [1.29, 1.82) is 0 Å². The second-order valence-electron chi connectivity index (χ2n) is 7.64. The SMILES string of the molecule is O=C(NCC(O)CN1CCc2ccccc2C1)c1ccnc(OCCNCC(F)(F)F)c1. The van der Waals surface area contributed by atoms with Gasteiger partial charge in [-0.1, -0.05) is 24.3 Å². The van der Waals surface area contributed by atoms with E-state index in [-0.39, 0.29) is 31.1 Å². The quantitative estimate of drug-likeness (QED) is 0.477. The fraction of sp³-hybridized carbons (Fsp3) is 0.455. The Kier molecular flexibility index (Phi) is 8.43. The van der Waals surface area contributed by atoms with E-state index >= 15 is 0 Å². The van der Waals surface area contributed by atoms with Crippen LogP contribution in [-0.2, 0) is 13.0 Å². The van der Waals surface area contributed by atoms with E-state index in [2.05, 4.69) is 32.7 Å². The van der Waals surface area contributed by atoms with E-state index < -0.39 is 24.7 Å². The monoisotopic (exact) mass is 452 g/mol. The molecule has 1 amide bonds. The second kappa shape index (κ2) is 11.3. The van der Waals surface area contributed by atoms with Crippen LogP contribution in [0, 0.1) is 0 Å². The number of aliphatic hydroxyl groups is 1.